The number of anilines is 1. The lowest BCUT2D eigenvalue weighted by molar-refractivity contribution is -0.141. The van der Waals surface area contributed by atoms with Crippen LogP contribution in [0.15, 0.2) is 36.4 Å². The predicted molar refractivity (Wildman–Crippen MR) is 86.1 cm³/mol. The molecule has 1 aliphatic rings. The molecular formula is C17H20N2O4. The van der Waals surface area contributed by atoms with Crippen molar-refractivity contribution in [3.63, 3.8) is 0 Å². The van der Waals surface area contributed by atoms with E-state index in [-0.39, 0.29) is 18.9 Å². The molecule has 6 heteroatoms. The first-order chi connectivity index (χ1) is 11.0. The Morgan fingerprint density at radius 3 is 2.78 bits per heavy atom. The van der Waals surface area contributed by atoms with Crippen molar-refractivity contribution in [3.8, 4) is 0 Å². The maximum absolute atomic E-state index is 12.2. The van der Waals surface area contributed by atoms with Gasteiger partial charge in [0.05, 0.1) is 0 Å². The summed E-state index contributed by atoms with van der Waals surface area (Å²) in [7, 11) is 0. The van der Waals surface area contributed by atoms with Crippen molar-refractivity contribution in [1.82, 2.24) is 5.32 Å². The highest BCUT2D eigenvalue weighted by molar-refractivity contribution is 6.01. The number of nitrogens with zero attached hydrogens (tertiary/aromatic N) is 1. The smallest absolute Gasteiger partial charge is 0.326 e. The summed E-state index contributed by atoms with van der Waals surface area (Å²) in [5.41, 5.74) is 1.74. The molecule has 1 heterocycles. The van der Waals surface area contributed by atoms with E-state index in [1.165, 1.54) is 4.90 Å². The number of benzene rings is 1. The highest BCUT2D eigenvalue weighted by Gasteiger charge is 2.27. The summed E-state index contributed by atoms with van der Waals surface area (Å²) in [5.74, 6) is -1.70. The van der Waals surface area contributed by atoms with E-state index >= 15 is 0 Å². The highest BCUT2D eigenvalue weighted by Crippen LogP contribution is 2.27. The summed E-state index contributed by atoms with van der Waals surface area (Å²) >= 11 is 0. The number of aliphatic carboxylic acids is 1. The van der Waals surface area contributed by atoms with Gasteiger partial charge in [-0.15, -0.1) is 0 Å². The molecule has 6 nitrogen and oxygen atoms in total. The first-order valence-electron chi connectivity index (χ1n) is 7.54. The summed E-state index contributed by atoms with van der Waals surface area (Å²) in [6.07, 6.45) is 4.63. The van der Waals surface area contributed by atoms with Gasteiger partial charge < -0.3 is 15.3 Å². The molecule has 0 fully saturated rings. The Kier molecular flexibility index (Phi) is 5.51. The Morgan fingerprint density at radius 1 is 1.35 bits per heavy atom. The number of nitrogens with one attached hydrogen (secondary N) is 1. The highest BCUT2D eigenvalue weighted by atomic mass is 16.4. The van der Waals surface area contributed by atoms with Gasteiger partial charge in [-0.2, -0.15) is 0 Å². The number of carbonyl (C=O) groups excluding carboxylic acids is 2. The van der Waals surface area contributed by atoms with E-state index < -0.39 is 17.9 Å². The van der Waals surface area contributed by atoms with Crippen molar-refractivity contribution in [2.45, 2.75) is 32.2 Å². The van der Waals surface area contributed by atoms with Crippen LogP contribution in [0.25, 0.3) is 0 Å². The third-order valence-electron chi connectivity index (χ3n) is 3.73. The third-order valence-corrected chi connectivity index (χ3v) is 3.73. The van der Waals surface area contributed by atoms with Gasteiger partial charge in [0, 0.05) is 12.1 Å². The Hall–Kier alpha value is -2.63. The van der Waals surface area contributed by atoms with Gasteiger partial charge in [-0.05, 0) is 31.4 Å². The van der Waals surface area contributed by atoms with Crippen LogP contribution in [0.5, 0.6) is 0 Å². The van der Waals surface area contributed by atoms with Crippen LogP contribution < -0.4 is 10.2 Å². The molecule has 1 aromatic carbocycles. The van der Waals surface area contributed by atoms with Crippen LogP contribution >= 0.6 is 0 Å². The van der Waals surface area contributed by atoms with Gasteiger partial charge in [0.25, 0.3) is 0 Å². The van der Waals surface area contributed by atoms with E-state index in [2.05, 4.69) is 5.32 Å². The van der Waals surface area contributed by atoms with E-state index in [0.717, 1.165) is 11.3 Å². The van der Waals surface area contributed by atoms with Crippen LogP contribution in [0.1, 0.15) is 25.3 Å². The van der Waals surface area contributed by atoms with Crippen LogP contribution in [0.3, 0.4) is 0 Å². The number of carbonyl (C=O) groups is 3. The molecule has 1 aliphatic heterocycles. The Bertz CT molecular complexity index is 639. The third kappa shape index (κ3) is 4.18. The van der Waals surface area contributed by atoms with E-state index in [9.17, 15) is 14.4 Å². The van der Waals surface area contributed by atoms with Gasteiger partial charge >= 0.3 is 5.97 Å². The van der Waals surface area contributed by atoms with E-state index in [1.807, 2.05) is 18.2 Å². The summed E-state index contributed by atoms with van der Waals surface area (Å²) in [6.45, 7) is 1.61. The summed E-state index contributed by atoms with van der Waals surface area (Å²) in [4.78, 5) is 36.8. The van der Waals surface area contributed by atoms with Crippen molar-refractivity contribution in [2.75, 3.05) is 11.4 Å². The summed E-state index contributed by atoms with van der Waals surface area (Å²) in [6, 6.07) is 6.44. The second kappa shape index (κ2) is 7.58. The summed E-state index contributed by atoms with van der Waals surface area (Å²) in [5, 5.41) is 11.6. The number of hydrogen-bond acceptors (Lipinski definition) is 3. The zero-order chi connectivity index (χ0) is 16.8. The first kappa shape index (κ1) is 16.7. The lowest BCUT2D eigenvalue weighted by Crippen LogP contribution is -2.48. The standard InChI is InChI=1S/C17H20N2O4/c1-2-3-7-13(17(22)23)18-15(20)11-19-14-8-5-4-6-12(14)9-10-16(19)21/h2-6,8,13H,7,9-11H2,1H3,(H,18,20)(H,22,23)/b3-2+. The molecule has 0 saturated carbocycles. The van der Waals surface area contributed by atoms with Gasteiger partial charge in [-0.25, -0.2) is 4.79 Å². The number of rotatable bonds is 6. The molecule has 2 rings (SSSR count). The quantitative estimate of drug-likeness (QED) is 0.779. The minimum atomic E-state index is -1.10. The second-order valence-corrected chi connectivity index (χ2v) is 5.37. The molecule has 1 unspecified atom stereocenters. The first-order valence-corrected chi connectivity index (χ1v) is 7.54. The molecule has 2 amide bonds. The number of para-hydroxylation sites is 1. The van der Waals surface area contributed by atoms with Crippen LogP contribution in [0.4, 0.5) is 5.69 Å². The Labute approximate surface area is 134 Å². The Morgan fingerprint density at radius 2 is 2.09 bits per heavy atom. The van der Waals surface area contributed by atoms with Crippen molar-refractivity contribution in [2.24, 2.45) is 0 Å². The lowest BCUT2D eigenvalue weighted by atomic mass is 10.0. The fraction of sp³-hybridized carbons (Fsp3) is 0.353. The fourth-order valence-electron chi connectivity index (χ4n) is 2.55. The lowest BCUT2D eigenvalue weighted by Gasteiger charge is -2.29. The van der Waals surface area contributed by atoms with Gasteiger partial charge in [0.1, 0.15) is 12.6 Å². The number of allylic oxidation sites excluding steroid dienone is 1. The molecule has 1 atom stereocenters. The average Bonchev–Trinajstić information content (AvgIpc) is 2.54. The average molecular weight is 316 g/mol. The van der Waals surface area contributed by atoms with E-state index in [0.29, 0.717) is 12.8 Å². The Balaban J connectivity index is 2.07. The maximum Gasteiger partial charge on any atom is 0.326 e. The van der Waals surface area contributed by atoms with E-state index in [1.54, 1.807) is 25.1 Å². The molecule has 0 bridgehead atoms. The number of aryl methyl sites for hydroxylation is 1. The minimum Gasteiger partial charge on any atom is -0.480 e. The SMILES string of the molecule is C/C=C/CC(NC(=O)CN1C(=O)CCc2ccccc21)C(=O)O. The zero-order valence-electron chi connectivity index (χ0n) is 13.0. The van der Waals surface area contributed by atoms with Gasteiger partial charge in [0.15, 0.2) is 0 Å². The molecule has 2 N–H and O–H groups in total. The maximum atomic E-state index is 12.2. The number of carboxylic acids is 1. The molecular weight excluding hydrogens is 296 g/mol. The topological polar surface area (TPSA) is 86.7 Å². The number of hydrogen-bond donors (Lipinski definition) is 2. The van der Waals surface area contributed by atoms with E-state index in [4.69, 9.17) is 5.11 Å². The van der Waals surface area contributed by atoms with Crippen molar-refractivity contribution >= 4 is 23.5 Å². The fourth-order valence-corrected chi connectivity index (χ4v) is 2.55. The molecule has 0 aliphatic carbocycles. The van der Waals surface area contributed by atoms with Crippen LogP contribution in [0.2, 0.25) is 0 Å². The monoisotopic (exact) mass is 316 g/mol. The van der Waals surface area contributed by atoms with Gasteiger partial charge in [-0.1, -0.05) is 30.4 Å². The van der Waals surface area contributed by atoms with Crippen LogP contribution in [-0.2, 0) is 20.8 Å². The molecule has 122 valence electrons. The molecule has 0 radical (unpaired) electrons. The number of fused-ring (bicyclic) bond motifs is 1. The molecule has 0 aromatic heterocycles. The molecule has 1 aromatic rings. The van der Waals surface area contributed by atoms with Crippen molar-refractivity contribution < 1.29 is 19.5 Å². The largest absolute Gasteiger partial charge is 0.480 e. The van der Waals surface area contributed by atoms with Crippen molar-refractivity contribution in [3.05, 3.63) is 42.0 Å². The molecule has 23 heavy (non-hydrogen) atoms. The normalized spacial score (nSPS) is 15.3. The number of amides is 2. The predicted octanol–water partition coefficient (Wildman–Crippen LogP) is 1.50. The molecule has 0 spiro atoms. The zero-order valence-corrected chi connectivity index (χ0v) is 13.0. The minimum absolute atomic E-state index is 0.126. The molecule has 0 saturated heterocycles. The van der Waals surface area contributed by atoms with Crippen LogP contribution in [-0.4, -0.2) is 35.5 Å². The van der Waals surface area contributed by atoms with Crippen molar-refractivity contribution in [1.29, 1.82) is 0 Å². The number of carboxylic acid groups (broad SMARTS) is 1. The summed E-state index contributed by atoms with van der Waals surface area (Å²) < 4.78 is 0. The van der Waals surface area contributed by atoms with Gasteiger partial charge in [0.2, 0.25) is 11.8 Å². The second-order valence-electron chi connectivity index (χ2n) is 5.37. The van der Waals surface area contributed by atoms with Gasteiger partial charge in [-0.3, -0.25) is 9.59 Å². The van der Waals surface area contributed by atoms with Crippen LogP contribution in [0, 0.1) is 0 Å².